The van der Waals surface area contributed by atoms with Crippen molar-refractivity contribution in [2.24, 2.45) is 5.73 Å². The second-order valence-electron chi connectivity index (χ2n) is 5.33. The van der Waals surface area contributed by atoms with E-state index in [1.54, 1.807) is 47.3 Å². The predicted octanol–water partition coefficient (Wildman–Crippen LogP) is 2.53. The fraction of sp³-hybridized carbons (Fsp3) is 0.0556. The van der Waals surface area contributed by atoms with Crippen molar-refractivity contribution in [2.75, 3.05) is 5.32 Å². The quantitative estimate of drug-likeness (QED) is 0.774. The van der Waals surface area contributed by atoms with E-state index in [1.807, 2.05) is 25.1 Å². The smallest absolute Gasteiger partial charge is 0.255 e. The number of primary amides is 1. The molecule has 0 unspecified atom stereocenters. The topological polar surface area (TPSA) is 90.0 Å². The Morgan fingerprint density at radius 3 is 2.12 bits per heavy atom. The van der Waals surface area contributed by atoms with Crippen LogP contribution in [-0.4, -0.2) is 21.6 Å². The molecule has 0 spiro atoms. The monoisotopic (exact) mass is 320 g/mol. The van der Waals surface area contributed by atoms with Gasteiger partial charge >= 0.3 is 0 Å². The molecule has 0 bridgehead atoms. The van der Waals surface area contributed by atoms with Crippen molar-refractivity contribution in [1.82, 2.24) is 9.78 Å². The van der Waals surface area contributed by atoms with Gasteiger partial charge in [-0.15, -0.1) is 0 Å². The number of anilines is 1. The van der Waals surface area contributed by atoms with Crippen molar-refractivity contribution < 1.29 is 9.59 Å². The van der Waals surface area contributed by atoms with Crippen LogP contribution >= 0.6 is 0 Å². The largest absolute Gasteiger partial charge is 0.366 e. The number of carbonyl (C=O) groups excluding carboxylic acids is 2. The first-order chi connectivity index (χ1) is 11.5. The van der Waals surface area contributed by atoms with Crippen molar-refractivity contribution in [3.63, 3.8) is 0 Å². The Labute approximate surface area is 138 Å². The predicted molar refractivity (Wildman–Crippen MR) is 91.2 cm³/mol. The molecule has 2 aromatic carbocycles. The molecule has 0 aliphatic rings. The molecule has 0 saturated carbocycles. The Bertz CT molecular complexity index is 880. The summed E-state index contributed by atoms with van der Waals surface area (Å²) >= 11 is 0. The number of amides is 2. The lowest BCUT2D eigenvalue weighted by Crippen LogP contribution is -2.13. The van der Waals surface area contributed by atoms with E-state index < -0.39 is 5.91 Å². The van der Waals surface area contributed by atoms with E-state index in [0.717, 1.165) is 11.4 Å². The zero-order chi connectivity index (χ0) is 17.1. The fourth-order valence-corrected chi connectivity index (χ4v) is 2.31. The van der Waals surface area contributed by atoms with Gasteiger partial charge in [-0.05, 0) is 61.5 Å². The summed E-state index contributed by atoms with van der Waals surface area (Å²) in [5.74, 6) is -0.733. The molecule has 0 fully saturated rings. The van der Waals surface area contributed by atoms with Crippen LogP contribution in [0.3, 0.4) is 0 Å². The zero-order valence-electron chi connectivity index (χ0n) is 13.1. The van der Waals surface area contributed by atoms with Crippen molar-refractivity contribution in [1.29, 1.82) is 0 Å². The third-order valence-electron chi connectivity index (χ3n) is 3.63. The van der Waals surface area contributed by atoms with Crippen molar-refractivity contribution in [2.45, 2.75) is 6.92 Å². The molecule has 0 atom stereocenters. The standard InChI is InChI=1S/C18H16N4O2/c1-12-10-11-20-22(12)16-8-4-14(5-9-16)18(24)21-15-6-2-13(3-7-15)17(19)23/h2-11H,1H3,(H2,19,23)(H,21,24). The zero-order valence-corrected chi connectivity index (χ0v) is 13.1. The van der Waals surface area contributed by atoms with Crippen LogP contribution in [0, 0.1) is 6.92 Å². The third-order valence-corrected chi connectivity index (χ3v) is 3.63. The van der Waals surface area contributed by atoms with Crippen LogP contribution in [0.4, 0.5) is 5.69 Å². The summed E-state index contributed by atoms with van der Waals surface area (Å²) in [5, 5.41) is 7.01. The van der Waals surface area contributed by atoms with Gasteiger partial charge in [-0.2, -0.15) is 5.10 Å². The second-order valence-corrected chi connectivity index (χ2v) is 5.33. The number of carbonyl (C=O) groups is 2. The number of benzene rings is 2. The molecule has 6 heteroatoms. The van der Waals surface area contributed by atoms with Gasteiger partial charge < -0.3 is 11.1 Å². The summed E-state index contributed by atoms with van der Waals surface area (Å²) in [6.45, 7) is 1.96. The summed E-state index contributed by atoms with van der Waals surface area (Å²) in [4.78, 5) is 23.3. The normalized spacial score (nSPS) is 10.4. The van der Waals surface area contributed by atoms with E-state index in [4.69, 9.17) is 5.73 Å². The second kappa shape index (κ2) is 6.37. The van der Waals surface area contributed by atoms with Crippen LogP contribution in [0.2, 0.25) is 0 Å². The Kier molecular flexibility index (Phi) is 4.11. The van der Waals surface area contributed by atoms with Crippen LogP contribution in [0.25, 0.3) is 5.69 Å². The highest BCUT2D eigenvalue weighted by Crippen LogP contribution is 2.14. The molecule has 120 valence electrons. The van der Waals surface area contributed by atoms with Gasteiger partial charge in [-0.25, -0.2) is 4.68 Å². The molecule has 3 N–H and O–H groups in total. The Morgan fingerprint density at radius 2 is 1.58 bits per heavy atom. The maximum Gasteiger partial charge on any atom is 0.255 e. The van der Waals surface area contributed by atoms with Gasteiger partial charge in [0.25, 0.3) is 5.91 Å². The fourth-order valence-electron chi connectivity index (χ4n) is 2.31. The van der Waals surface area contributed by atoms with Crippen LogP contribution in [-0.2, 0) is 0 Å². The SMILES string of the molecule is Cc1ccnn1-c1ccc(C(=O)Nc2ccc(C(N)=O)cc2)cc1. The van der Waals surface area contributed by atoms with Gasteiger partial charge in [0, 0.05) is 28.7 Å². The number of nitrogens with zero attached hydrogens (tertiary/aromatic N) is 2. The van der Waals surface area contributed by atoms with E-state index in [1.165, 1.54) is 0 Å². The lowest BCUT2D eigenvalue weighted by atomic mass is 10.1. The van der Waals surface area contributed by atoms with E-state index in [0.29, 0.717) is 16.8 Å². The lowest BCUT2D eigenvalue weighted by molar-refractivity contribution is 0.0998. The minimum atomic E-state index is -0.502. The Morgan fingerprint density at radius 1 is 0.958 bits per heavy atom. The van der Waals surface area contributed by atoms with E-state index in [9.17, 15) is 9.59 Å². The van der Waals surface area contributed by atoms with Gasteiger partial charge in [0.2, 0.25) is 5.91 Å². The number of nitrogens with two attached hydrogens (primary N) is 1. The highest BCUT2D eigenvalue weighted by atomic mass is 16.2. The minimum absolute atomic E-state index is 0.231. The molecule has 0 radical (unpaired) electrons. The van der Waals surface area contributed by atoms with Gasteiger partial charge in [0.1, 0.15) is 0 Å². The maximum absolute atomic E-state index is 12.3. The lowest BCUT2D eigenvalue weighted by Gasteiger charge is -2.08. The molecule has 1 heterocycles. The summed E-state index contributed by atoms with van der Waals surface area (Å²) in [5.41, 5.74) is 8.61. The third kappa shape index (κ3) is 3.17. The number of hydrogen-bond donors (Lipinski definition) is 2. The molecular weight excluding hydrogens is 304 g/mol. The van der Waals surface area contributed by atoms with Crippen LogP contribution in [0.5, 0.6) is 0 Å². The molecule has 3 rings (SSSR count). The number of hydrogen-bond acceptors (Lipinski definition) is 3. The van der Waals surface area contributed by atoms with Crippen molar-refractivity contribution >= 4 is 17.5 Å². The summed E-state index contributed by atoms with van der Waals surface area (Å²) < 4.78 is 1.80. The highest BCUT2D eigenvalue weighted by Gasteiger charge is 2.08. The van der Waals surface area contributed by atoms with Gasteiger partial charge in [-0.3, -0.25) is 9.59 Å². The number of aromatic nitrogens is 2. The van der Waals surface area contributed by atoms with Gasteiger partial charge in [0.15, 0.2) is 0 Å². The van der Waals surface area contributed by atoms with Crippen molar-refractivity contribution in [3.8, 4) is 5.69 Å². The summed E-state index contributed by atoms with van der Waals surface area (Å²) in [6, 6.07) is 15.5. The summed E-state index contributed by atoms with van der Waals surface area (Å²) in [7, 11) is 0. The van der Waals surface area contributed by atoms with Crippen LogP contribution in [0.1, 0.15) is 26.4 Å². The molecule has 6 nitrogen and oxygen atoms in total. The first-order valence-corrected chi connectivity index (χ1v) is 7.37. The van der Waals surface area contributed by atoms with E-state index in [-0.39, 0.29) is 5.91 Å². The van der Waals surface area contributed by atoms with Crippen LogP contribution < -0.4 is 11.1 Å². The van der Waals surface area contributed by atoms with Crippen LogP contribution in [0.15, 0.2) is 60.8 Å². The Hall–Kier alpha value is -3.41. The Balaban J connectivity index is 1.73. The molecule has 0 aliphatic heterocycles. The molecular formula is C18H16N4O2. The maximum atomic E-state index is 12.3. The average Bonchev–Trinajstić information content (AvgIpc) is 3.01. The average molecular weight is 320 g/mol. The summed E-state index contributed by atoms with van der Waals surface area (Å²) in [6.07, 6.45) is 1.73. The minimum Gasteiger partial charge on any atom is -0.366 e. The van der Waals surface area contributed by atoms with Gasteiger partial charge in [-0.1, -0.05) is 0 Å². The van der Waals surface area contributed by atoms with E-state index >= 15 is 0 Å². The molecule has 3 aromatic rings. The molecule has 0 aliphatic carbocycles. The number of nitrogens with one attached hydrogen (secondary N) is 1. The first-order valence-electron chi connectivity index (χ1n) is 7.37. The first kappa shape index (κ1) is 15.5. The number of rotatable bonds is 4. The van der Waals surface area contributed by atoms with E-state index in [2.05, 4.69) is 10.4 Å². The van der Waals surface area contributed by atoms with Crippen molar-refractivity contribution in [3.05, 3.63) is 77.6 Å². The molecule has 24 heavy (non-hydrogen) atoms. The number of aryl methyl sites for hydroxylation is 1. The van der Waals surface area contributed by atoms with Gasteiger partial charge in [0.05, 0.1) is 5.69 Å². The molecule has 0 saturated heterocycles. The highest BCUT2D eigenvalue weighted by molar-refractivity contribution is 6.04. The molecule has 1 aromatic heterocycles. The molecule has 2 amide bonds.